The lowest BCUT2D eigenvalue weighted by Crippen LogP contribution is -2.46. The highest BCUT2D eigenvalue weighted by atomic mass is 35.5. The van der Waals surface area contributed by atoms with E-state index in [9.17, 15) is 4.79 Å². The fraction of sp³-hybridized carbons (Fsp3) is 0.611. The molecule has 0 saturated carbocycles. The molecule has 1 fully saturated rings. The summed E-state index contributed by atoms with van der Waals surface area (Å²) in [6.07, 6.45) is 3.64. The van der Waals surface area contributed by atoms with Crippen molar-refractivity contribution < 1.29 is 4.79 Å². The molecular formula is C18H29ClN2O. The SMILES string of the molecule is CC(C)Cc1ccc(CC(=O)NC2CCNC(C)C2)cc1.Cl. The molecule has 4 heteroatoms. The second-order valence-corrected chi connectivity index (χ2v) is 6.74. The first-order valence-corrected chi connectivity index (χ1v) is 8.13. The molecule has 1 heterocycles. The molecule has 0 bridgehead atoms. The maximum Gasteiger partial charge on any atom is 0.224 e. The Labute approximate surface area is 140 Å². The molecule has 1 amide bonds. The second-order valence-electron chi connectivity index (χ2n) is 6.74. The fourth-order valence-corrected chi connectivity index (χ4v) is 2.99. The average molecular weight is 325 g/mol. The number of nitrogens with one attached hydrogen (secondary N) is 2. The van der Waals surface area contributed by atoms with Gasteiger partial charge in [0.25, 0.3) is 0 Å². The number of halogens is 1. The topological polar surface area (TPSA) is 41.1 Å². The summed E-state index contributed by atoms with van der Waals surface area (Å²) in [6.45, 7) is 7.62. The van der Waals surface area contributed by atoms with Crippen LogP contribution in [-0.4, -0.2) is 24.5 Å². The third kappa shape index (κ3) is 6.37. The highest BCUT2D eigenvalue weighted by Crippen LogP contribution is 2.11. The van der Waals surface area contributed by atoms with Crippen LogP contribution in [0.5, 0.6) is 0 Å². The Kier molecular flexibility index (Phi) is 7.91. The van der Waals surface area contributed by atoms with Gasteiger partial charge in [-0.2, -0.15) is 0 Å². The van der Waals surface area contributed by atoms with Crippen LogP contribution in [0.25, 0.3) is 0 Å². The largest absolute Gasteiger partial charge is 0.353 e. The van der Waals surface area contributed by atoms with Gasteiger partial charge in [0, 0.05) is 12.1 Å². The summed E-state index contributed by atoms with van der Waals surface area (Å²) < 4.78 is 0. The summed E-state index contributed by atoms with van der Waals surface area (Å²) in [4.78, 5) is 12.1. The van der Waals surface area contributed by atoms with E-state index in [1.165, 1.54) is 5.56 Å². The number of hydrogen-bond acceptors (Lipinski definition) is 2. The Balaban J connectivity index is 0.00000242. The summed E-state index contributed by atoms with van der Waals surface area (Å²) in [6, 6.07) is 9.29. The van der Waals surface area contributed by atoms with Crippen molar-refractivity contribution in [2.45, 2.75) is 58.5 Å². The van der Waals surface area contributed by atoms with Gasteiger partial charge in [0.1, 0.15) is 0 Å². The smallest absolute Gasteiger partial charge is 0.224 e. The first-order valence-electron chi connectivity index (χ1n) is 8.13. The molecule has 0 spiro atoms. The minimum Gasteiger partial charge on any atom is -0.353 e. The molecule has 0 aliphatic carbocycles. The van der Waals surface area contributed by atoms with E-state index in [2.05, 4.69) is 55.7 Å². The number of rotatable bonds is 5. The molecule has 2 N–H and O–H groups in total. The molecule has 1 aliphatic heterocycles. The van der Waals surface area contributed by atoms with Crippen LogP contribution < -0.4 is 10.6 Å². The number of carbonyl (C=O) groups excluding carboxylic acids is 1. The summed E-state index contributed by atoms with van der Waals surface area (Å²) in [7, 11) is 0. The van der Waals surface area contributed by atoms with Crippen LogP contribution >= 0.6 is 12.4 Å². The van der Waals surface area contributed by atoms with E-state index in [-0.39, 0.29) is 18.3 Å². The van der Waals surface area contributed by atoms with Gasteiger partial charge in [0.15, 0.2) is 0 Å². The molecule has 3 nitrogen and oxygen atoms in total. The maximum atomic E-state index is 12.1. The van der Waals surface area contributed by atoms with Crippen LogP contribution in [0.1, 0.15) is 44.7 Å². The quantitative estimate of drug-likeness (QED) is 0.873. The van der Waals surface area contributed by atoms with E-state index in [4.69, 9.17) is 0 Å². The van der Waals surface area contributed by atoms with Crippen LogP contribution in [0.4, 0.5) is 0 Å². The minimum atomic E-state index is 0. The maximum absolute atomic E-state index is 12.1. The number of piperidine rings is 1. The lowest BCUT2D eigenvalue weighted by molar-refractivity contribution is -0.121. The van der Waals surface area contributed by atoms with Crippen molar-refractivity contribution in [1.82, 2.24) is 10.6 Å². The molecule has 0 radical (unpaired) electrons. The molecule has 22 heavy (non-hydrogen) atoms. The average Bonchev–Trinajstić information content (AvgIpc) is 2.40. The number of amides is 1. The van der Waals surface area contributed by atoms with Gasteiger partial charge < -0.3 is 10.6 Å². The van der Waals surface area contributed by atoms with Gasteiger partial charge in [-0.25, -0.2) is 0 Å². The zero-order valence-electron chi connectivity index (χ0n) is 13.9. The molecule has 124 valence electrons. The van der Waals surface area contributed by atoms with Gasteiger partial charge in [-0.05, 0) is 49.8 Å². The summed E-state index contributed by atoms with van der Waals surface area (Å²) in [5.41, 5.74) is 2.45. The molecule has 1 saturated heterocycles. The summed E-state index contributed by atoms with van der Waals surface area (Å²) >= 11 is 0. The van der Waals surface area contributed by atoms with Crippen molar-refractivity contribution in [3.63, 3.8) is 0 Å². The monoisotopic (exact) mass is 324 g/mol. The first kappa shape index (κ1) is 19.0. The Morgan fingerprint density at radius 1 is 1.27 bits per heavy atom. The highest BCUT2D eigenvalue weighted by Gasteiger charge is 2.19. The number of benzene rings is 1. The lowest BCUT2D eigenvalue weighted by atomic mass is 9.99. The molecule has 2 atom stereocenters. The fourth-order valence-electron chi connectivity index (χ4n) is 2.99. The van der Waals surface area contributed by atoms with E-state index < -0.39 is 0 Å². The van der Waals surface area contributed by atoms with Crippen LogP contribution in [0, 0.1) is 5.92 Å². The van der Waals surface area contributed by atoms with E-state index in [0.29, 0.717) is 24.4 Å². The van der Waals surface area contributed by atoms with Crippen molar-refractivity contribution in [1.29, 1.82) is 0 Å². The Hall–Kier alpha value is -1.06. The zero-order chi connectivity index (χ0) is 15.2. The highest BCUT2D eigenvalue weighted by molar-refractivity contribution is 5.85. The zero-order valence-corrected chi connectivity index (χ0v) is 14.7. The molecule has 2 unspecified atom stereocenters. The predicted octanol–water partition coefficient (Wildman–Crippen LogP) is 3.11. The number of hydrogen-bond donors (Lipinski definition) is 2. The summed E-state index contributed by atoms with van der Waals surface area (Å²) in [5, 5.41) is 6.57. The molecule has 1 aliphatic rings. The third-order valence-electron chi connectivity index (χ3n) is 4.02. The van der Waals surface area contributed by atoms with Crippen molar-refractivity contribution in [3.05, 3.63) is 35.4 Å². The van der Waals surface area contributed by atoms with Crippen LogP contribution in [0.2, 0.25) is 0 Å². The van der Waals surface area contributed by atoms with E-state index in [1.807, 2.05) is 0 Å². The van der Waals surface area contributed by atoms with Gasteiger partial charge in [0.05, 0.1) is 6.42 Å². The Morgan fingerprint density at radius 2 is 1.91 bits per heavy atom. The molecule has 2 rings (SSSR count). The van der Waals surface area contributed by atoms with Crippen molar-refractivity contribution >= 4 is 18.3 Å². The second kappa shape index (κ2) is 9.16. The Morgan fingerprint density at radius 3 is 2.50 bits per heavy atom. The van der Waals surface area contributed by atoms with E-state index >= 15 is 0 Å². The standard InChI is InChI=1S/C18H28N2O.ClH/c1-13(2)10-15-4-6-16(7-5-15)12-18(21)20-17-8-9-19-14(3)11-17;/h4-7,13-14,17,19H,8-12H2,1-3H3,(H,20,21);1H. The van der Waals surface area contributed by atoms with Gasteiger partial charge in [-0.3, -0.25) is 4.79 Å². The van der Waals surface area contributed by atoms with E-state index in [1.54, 1.807) is 0 Å². The predicted molar refractivity (Wildman–Crippen MR) is 94.6 cm³/mol. The van der Waals surface area contributed by atoms with E-state index in [0.717, 1.165) is 31.4 Å². The molecular weight excluding hydrogens is 296 g/mol. The third-order valence-corrected chi connectivity index (χ3v) is 4.02. The van der Waals surface area contributed by atoms with Crippen LogP contribution in [-0.2, 0) is 17.6 Å². The van der Waals surface area contributed by atoms with Gasteiger partial charge in [0.2, 0.25) is 5.91 Å². The van der Waals surface area contributed by atoms with Gasteiger partial charge in [-0.15, -0.1) is 12.4 Å². The molecule has 1 aromatic rings. The normalized spacial score (nSPS) is 21.3. The minimum absolute atomic E-state index is 0. The van der Waals surface area contributed by atoms with Crippen molar-refractivity contribution in [3.8, 4) is 0 Å². The summed E-state index contributed by atoms with van der Waals surface area (Å²) in [5.74, 6) is 0.812. The molecule has 1 aromatic carbocycles. The van der Waals surface area contributed by atoms with Crippen LogP contribution in [0.15, 0.2) is 24.3 Å². The number of carbonyl (C=O) groups is 1. The van der Waals surface area contributed by atoms with Gasteiger partial charge in [-0.1, -0.05) is 38.1 Å². The molecule has 0 aromatic heterocycles. The van der Waals surface area contributed by atoms with Crippen LogP contribution in [0.3, 0.4) is 0 Å². The lowest BCUT2D eigenvalue weighted by Gasteiger charge is -2.28. The van der Waals surface area contributed by atoms with Crippen molar-refractivity contribution in [2.24, 2.45) is 5.92 Å². The van der Waals surface area contributed by atoms with Crippen molar-refractivity contribution in [2.75, 3.05) is 6.54 Å². The van der Waals surface area contributed by atoms with Gasteiger partial charge >= 0.3 is 0 Å². The first-order chi connectivity index (χ1) is 10.0. The Bertz CT molecular complexity index is 459.